The summed E-state index contributed by atoms with van der Waals surface area (Å²) in [7, 11) is 0. The van der Waals surface area contributed by atoms with E-state index in [4.69, 9.17) is 4.42 Å². The molecule has 3 rings (SSSR count). The Morgan fingerprint density at radius 3 is 2.42 bits per heavy atom. The van der Waals surface area contributed by atoms with Crippen molar-refractivity contribution in [3.05, 3.63) is 70.3 Å². The summed E-state index contributed by atoms with van der Waals surface area (Å²) in [5.74, 6) is -1.00. The number of halogens is 1. The highest BCUT2D eigenvalue weighted by Gasteiger charge is 2.15. The smallest absolute Gasteiger partial charge is 0.349 e. The van der Waals surface area contributed by atoms with Gasteiger partial charge in [-0.25, -0.2) is 9.18 Å². The van der Waals surface area contributed by atoms with Gasteiger partial charge in [0.25, 0.3) is 5.91 Å². The Hall–Kier alpha value is -3.15. The Labute approximate surface area is 150 Å². The van der Waals surface area contributed by atoms with E-state index in [0.717, 1.165) is 18.8 Å². The topological polar surface area (TPSA) is 62.6 Å². The molecule has 3 aromatic rings. The molecule has 1 N–H and O–H groups in total. The molecule has 0 fully saturated rings. The summed E-state index contributed by atoms with van der Waals surface area (Å²) in [5.41, 5.74) is 0.964. The molecule has 0 aliphatic carbocycles. The summed E-state index contributed by atoms with van der Waals surface area (Å²) in [6.45, 7) is 5.77. The van der Waals surface area contributed by atoms with Crippen molar-refractivity contribution in [1.29, 1.82) is 0 Å². The highest BCUT2D eigenvalue weighted by molar-refractivity contribution is 6.05. The Morgan fingerprint density at radius 2 is 1.77 bits per heavy atom. The maximum absolute atomic E-state index is 12.9. The van der Waals surface area contributed by atoms with Gasteiger partial charge in [-0.2, -0.15) is 0 Å². The summed E-state index contributed by atoms with van der Waals surface area (Å²) in [6.07, 6.45) is 0. The predicted molar refractivity (Wildman–Crippen MR) is 100 cm³/mol. The molecule has 0 atom stereocenters. The largest absolute Gasteiger partial charge is 0.422 e. The van der Waals surface area contributed by atoms with Crippen molar-refractivity contribution in [2.75, 3.05) is 23.3 Å². The van der Waals surface area contributed by atoms with E-state index in [9.17, 15) is 14.0 Å². The molecular weight excluding hydrogens is 335 g/mol. The van der Waals surface area contributed by atoms with Gasteiger partial charge in [-0.05, 0) is 56.3 Å². The third-order valence-corrected chi connectivity index (χ3v) is 4.19. The molecule has 134 valence electrons. The van der Waals surface area contributed by atoms with Crippen LogP contribution in [0.15, 0.2) is 57.7 Å². The molecule has 1 aromatic heterocycles. The average molecular weight is 354 g/mol. The quantitative estimate of drug-likeness (QED) is 0.703. The van der Waals surface area contributed by atoms with Crippen LogP contribution in [0, 0.1) is 5.82 Å². The fourth-order valence-corrected chi connectivity index (χ4v) is 2.78. The molecule has 2 aromatic carbocycles. The lowest BCUT2D eigenvalue weighted by Crippen LogP contribution is -2.22. The van der Waals surface area contributed by atoms with E-state index >= 15 is 0 Å². The second-order valence-electron chi connectivity index (χ2n) is 5.80. The van der Waals surface area contributed by atoms with E-state index in [1.165, 1.54) is 30.3 Å². The monoisotopic (exact) mass is 354 g/mol. The van der Waals surface area contributed by atoms with Crippen LogP contribution in [-0.2, 0) is 0 Å². The molecule has 0 radical (unpaired) electrons. The van der Waals surface area contributed by atoms with Crippen LogP contribution in [0.2, 0.25) is 0 Å². The number of nitrogens with one attached hydrogen (secondary N) is 1. The Bertz CT molecular complexity index is 992. The molecule has 0 aliphatic heterocycles. The number of fused-ring (bicyclic) bond motifs is 1. The van der Waals surface area contributed by atoms with Gasteiger partial charge in [0.05, 0.1) is 0 Å². The lowest BCUT2D eigenvalue weighted by atomic mass is 10.1. The van der Waals surface area contributed by atoms with Gasteiger partial charge in [0.2, 0.25) is 0 Å². The number of anilines is 2. The summed E-state index contributed by atoms with van der Waals surface area (Å²) < 4.78 is 18.3. The van der Waals surface area contributed by atoms with Crippen molar-refractivity contribution in [3.8, 4) is 0 Å². The lowest BCUT2D eigenvalue weighted by molar-refractivity contribution is 0.102. The van der Waals surface area contributed by atoms with Crippen molar-refractivity contribution < 1.29 is 13.6 Å². The second-order valence-corrected chi connectivity index (χ2v) is 5.80. The van der Waals surface area contributed by atoms with Crippen LogP contribution in [0.1, 0.15) is 24.2 Å². The fourth-order valence-electron chi connectivity index (χ4n) is 2.78. The maximum Gasteiger partial charge on any atom is 0.349 e. The molecule has 1 heterocycles. The molecule has 1 amide bonds. The number of nitrogens with zero attached hydrogens (tertiary/aromatic N) is 1. The van der Waals surface area contributed by atoms with E-state index in [1.807, 2.05) is 26.0 Å². The summed E-state index contributed by atoms with van der Waals surface area (Å²) in [5, 5.41) is 3.22. The molecule has 5 nitrogen and oxygen atoms in total. The molecule has 0 saturated carbocycles. The van der Waals surface area contributed by atoms with Gasteiger partial charge < -0.3 is 14.6 Å². The minimum Gasteiger partial charge on any atom is -0.422 e. The molecule has 0 bridgehead atoms. The van der Waals surface area contributed by atoms with Crippen molar-refractivity contribution in [1.82, 2.24) is 0 Å². The highest BCUT2D eigenvalue weighted by Crippen LogP contribution is 2.22. The maximum atomic E-state index is 12.9. The van der Waals surface area contributed by atoms with Crippen molar-refractivity contribution >= 4 is 28.3 Å². The van der Waals surface area contributed by atoms with Gasteiger partial charge >= 0.3 is 5.63 Å². The summed E-state index contributed by atoms with van der Waals surface area (Å²) in [4.78, 5) is 26.7. The molecule has 0 spiro atoms. The van der Waals surface area contributed by atoms with Crippen LogP contribution in [0.4, 0.5) is 15.8 Å². The molecule has 26 heavy (non-hydrogen) atoms. The Morgan fingerprint density at radius 1 is 1.08 bits per heavy atom. The number of rotatable bonds is 5. The van der Waals surface area contributed by atoms with Crippen LogP contribution in [0.5, 0.6) is 0 Å². The number of hydrogen-bond acceptors (Lipinski definition) is 4. The van der Waals surface area contributed by atoms with Crippen LogP contribution in [-0.4, -0.2) is 19.0 Å². The summed E-state index contributed by atoms with van der Waals surface area (Å²) >= 11 is 0. The van der Waals surface area contributed by atoms with E-state index in [2.05, 4.69) is 10.2 Å². The van der Waals surface area contributed by atoms with Gasteiger partial charge in [0.1, 0.15) is 17.0 Å². The van der Waals surface area contributed by atoms with Gasteiger partial charge in [0.15, 0.2) is 0 Å². The van der Waals surface area contributed by atoms with Crippen molar-refractivity contribution in [2.24, 2.45) is 0 Å². The lowest BCUT2D eigenvalue weighted by Gasteiger charge is -2.21. The van der Waals surface area contributed by atoms with Crippen LogP contribution < -0.4 is 15.8 Å². The number of amides is 1. The number of carbonyl (C=O) groups excluding carboxylic acids is 1. The fraction of sp³-hybridized carbons (Fsp3) is 0.200. The molecule has 0 unspecified atom stereocenters. The Kier molecular flexibility index (Phi) is 5.02. The van der Waals surface area contributed by atoms with Gasteiger partial charge in [-0.3, -0.25) is 4.79 Å². The molecule has 0 saturated heterocycles. The van der Waals surface area contributed by atoms with Crippen molar-refractivity contribution in [3.63, 3.8) is 0 Å². The van der Waals surface area contributed by atoms with E-state index < -0.39 is 17.3 Å². The summed E-state index contributed by atoms with van der Waals surface area (Å²) in [6, 6.07) is 12.4. The number of carbonyl (C=O) groups is 1. The zero-order chi connectivity index (χ0) is 18.7. The average Bonchev–Trinajstić information content (AvgIpc) is 2.64. The third kappa shape index (κ3) is 3.59. The van der Waals surface area contributed by atoms with Gasteiger partial charge in [-0.1, -0.05) is 0 Å². The van der Waals surface area contributed by atoms with Crippen LogP contribution in [0.25, 0.3) is 11.0 Å². The van der Waals surface area contributed by atoms with E-state index in [-0.39, 0.29) is 5.56 Å². The second kappa shape index (κ2) is 7.39. The predicted octanol–water partition coefficient (Wildman–Crippen LogP) is 4.03. The van der Waals surface area contributed by atoms with Crippen LogP contribution in [0.3, 0.4) is 0 Å². The Balaban J connectivity index is 1.93. The van der Waals surface area contributed by atoms with Gasteiger partial charge in [-0.15, -0.1) is 0 Å². The minimum absolute atomic E-state index is 0.0996. The standard InChI is InChI=1S/C20H19FN2O3/c1-3-23(4-2)16-10-5-13-11-17(20(25)26-18(13)12-16)19(24)22-15-8-6-14(21)7-9-15/h5-12H,3-4H2,1-2H3,(H,22,24). The first-order valence-corrected chi connectivity index (χ1v) is 8.41. The number of hydrogen-bond donors (Lipinski definition) is 1. The zero-order valence-electron chi connectivity index (χ0n) is 14.6. The SMILES string of the molecule is CCN(CC)c1ccc2cc(C(=O)Nc3ccc(F)cc3)c(=O)oc2c1. The first-order chi connectivity index (χ1) is 12.5. The molecule has 0 aliphatic rings. The molecule has 6 heteroatoms. The highest BCUT2D eigenvalue weighted by atomic mass is 19.1. The first-order valence-electron chi connectivity index (χ1n) is 8.41. The third-order valence-electron chi connectivity index (χ3n) is 4.19. The number of benzene rings is 2. The first kappa shape index (κ1) is 17.7. The molecular formula is C20H19FN2O3. The van der Waals surface area contributed by atoms with Crippen LogP contribution >= 0.6 is 0 Å². The van der Waals surface area contributed by atoms with Crippen molar-refractivity contribution in [2.45, 2.75) is 13.8 Å². The van der Waals surface area contributed by atoms with E-state index in [0.29, 0.717) is 16.7 Å². The van der Waals surface area contributed by atoms with E-state index in [1.54, 1.807) is 6.07 Å². The zero-order valence-corrected chi connectivity index (χ0v) is 14.6. The minimum atomic E-state index is -0.714. The normalized spacial score (nSPS) is 10.7. The van der Waals surface area contributed by atoms with Gasteiger partial charge in [0, 0.05) is 35.9 Å².